The van der Waals surface area contributed by atoms with Gasteiger partial charge >= 0.3 is 0 Å². The number of ketones is 1. The molecule has 0 amide bonds. The Morgan fingerprint density at radius 2 is 1.83 bits per heavy atom. The second-order valence-corrected chi connectivity index (χ2v) is 3.04. The van der Waals surface area contributed by atoms with Gasteiger partial charge in [-0.3, -0.25) is 4.79 Å². The number of rotatable bonds is 2. The Labute approximate surface area is 71.9 Å². The molecule has 0 fully saturated rings. The second kappa shape index (κ2) is 3.43. The maximum absolute atomic E-state index is 10.8. The Morgan fingerprint density at radius 1 is 1.33 bits per heavy atom. The summed E-state index contributed by atoms with van der Waals surface area (Å²) >= 11 is 0. The van der Waals surface area contributed by atoms with Crippen LogP contribution in [0.2, 0.25) is 0 Å². The molecule has 0 atom stereocenters. The summed E-state index contributed by atoms with van der Waals surface area (Å²) in [7, 11) is 0. The van der Waals surface area contributed by atoms with Crippen molar-refractivity contribution in [3.8, 4) is 0 Å². The van der Waals surface area contributed by atoms with Crippen molar-refractivity contribution < 1.29 is 4.79 Å². The number of Topliss-reactive ketones (excluding diaryl/α,β-unsaturated/α-hetero) is 1. The monoisotopic (exact) mass is 164 g/mol. The van der Waals surface area contributed by atoms with Crippen LogP contribution in [0.3, 0.4) is 0 Å². The highest BCUT2D eigenvalue weighted by atomic mass is 16.1. The summed E-state index contributed by atoms with van der Waals surface area (Å²) in [6, 6.07) is 0. The van der Waals surface area contributed by atoms with E-state index in [2.05, 4.69) is 9.97 Å². The van der Waals surface area contributed by atoms with E-state index >= 15 is 0 Å². The Kier molecular flexibility index (Phi) is 2.53. The molecule has 1 aromatic heterocycles. The van der Waals surface area contributed by atoms with Crippen molar-refractivity contribution >= 4 is 5.78 Å². The fraction of sp³-hybridized carbons (Fsp3) is 0.444. The number of carbonyl (C=O) groups is 1. The molecule has 1 aromatic rings. The minimum absolute atomic E-state index is 0.00491. The van der Waals surface area contributed by atoms with E-state index in [0.717, 1.165) is 5.82 Å². The van der Waals surface area contributed by atoms with Crippen LogP contribution in [-0.2, 0) is 0 Å². The molecule has 0 aromatic carbocycles. The highest BCUT2D eigenvalue weighted by Crippen LogP contribution is 2.07. The van der Waals surface area contributed by atoms with Gasteiger partial charge in [-0.05, 0) is 6.92 Å². The van der Waals surface area contributed by atoms with Crippen molar-refractivity contribution in [2.75, 3.05) is 0 Å². The summed E-state index contributed by atoms with van der Waals surface area (Å²) in [4.78, 5) is 19.0. The molecule has 1 rings (SSSR count). The zero-order chi connectivity index (χ0) is 9.14. The Morgan fingerprint density at radius 3 is 2.17 bits per heavy atom. The van der Waals surface area contributed by atoms with Gasteiger partial charge in [0, 0.05) is 18.3 Å². The second-order valence-electron chi connectivity index (χ2n) is 3.04. The van der Waals surface area contributed by atoms with E-state index < -0.39 is 0 Å². The van der Waals surface area contributed by atoms with Crippen LogP contribution in [0.15, 0.2) is 12.4 Å². The smallest absolute Gasteiger partial charge is 0.162 e. The summed E-state index contributed by atoms with van der Waals surface area (Å²) in [5, 5.41) is 0. The predicted molar refractivity (Wildman–Crippen MR) is 46.1 cm³/mol. The molecule has 3 heteroatoms. The van der Waals surface area contributed by atoms with E-state index in [9.17, 15) is 4.79 Å². The van der Waals surface area contributed by atoms with Gasteiger partial charge in [0.25, 0.3) is 0 Å². The Hall–Kier alpha value is -1.25. The maximum Gasteiger partial charge on any atom is 0.162 e. The predicted octanol–water partition coefficient (Wildman–Crippen LogP) is 1.80. The van der Waals surface area contributed by atoms with Crippen molar-refractivity contribution in [3.05, 3.63) is 23.8 Å². The number of nitrogens with zero attached hydrogens (tertiary/aromatic N) is 2. The third-order valence-electron chi connectivity index (χ3n) is 1.59. The molecule has 0 aliphatic heterocycles. The highest BCUT2D eigenvalue weighted by Gasteiger charge is 2.03. The van der Waals surface area contributed by atoms with Gasteiger partial charge in [-0.25, -0.2) is 9.97 Å². The van der Waals surface area contributed by atoms with Crippen molar-refractivity contribution in [2.24, 2.45) is 0 Å². The van der Waals surface area contributed by atoms with Gasteiger partial charge in [0.2, 0.25) is 0 Å². The van der Waals surface area contributed by atoms with Crippen LogP contribution < -0.4 is 0 Å². The standard InChI is InChI=1S/C9H12N2O/c1-6(2)9-10-4-8(5-11-9)7(3)12/h4-6H,1-3H3. The van der Waals surface area contributed by atoms with Gasteiger partial charge in [-0.15, -0.1) is 0 Å². The summed E-state index contributed by atoms with van der Waals surface area (Å²) in [5.74, 6) is 1.09. The molecule has 0 saturated carbocycles. The van der Waals surface area contributed by atoms with E-state index in [1.165, 1.54) is 6.92 Å². The molecule has 0 saturated heterocycles. The molecule has 0 aliphatic rings. The lowest BCUT2D eigenvalue weighted by atomic mass is 10.2. The SMILES string of the molecule is CC(=O)c1cnc(C(C)C)nc1. The first-order valence-electron chi connectivity index (χ1n) is 3.94. The molecule has 0 N–H and O–H groups in total. The van der Waals surface area contributed by atoms with Crippen LogP contribution in [0.5, 0.6) is 0 Å². The van der Waals surface area contributed by atoms with Crippen molar-refractivity contribution in [3.63, 3.8) is 0 Å². The quantitative estimate of drug-likeness (QED) is 0.626. The van der Waals surface area contributed by atoms with Crippen LogP contribution in [0.1, 0.15) is 42.9 Å². The van der Waals surface area contributed by atoms with Gasteiger partial charge in [0.1, 0.15) is 5.82 Å². The maximum atomic E-state index is 10.8. The highest BCUT2D eigenvalue weighted by molar-refractivity contribution is 5.93. The molecule has 12 heavy (non-hydrogen) atoms. The van der Waals surface area contributed by atoms with E-state index in [4.69, 9.17) is 0 Å². The van der Waals surface area contributed by atoms with Crippen molar-refractivity contribution in [1.82, 2.24) is 9.97 Å². The van der Waals surface area contributed by atoms with Crippen molar-refractivity contribution in [1.29, 1.82) is 0 Å². The lowest BCUT2D eigenvalue weighted by Gasteiger charge is -2.01. The molecule has 64 valence electrons. The van der Waals surface area contributed by atoms with E-state index in [-0.39, 0.29) is 5.78 Å². The zero-order valence-corrected chi connectivity index (χ0v) is 7.53. The van der Waals surface area contributed by atoms with Gasteiger partial charge < -0.3 is 0 Å². The molecule has 0 spiro atoms. The van der Waals surface area contributed by atoms with Crippen LogP contribution in [0.4, 0.5) is 0 Å². The molecule has 3 nitrogen and oxygen atoms in total. The number of aromatic nitrogens is 2. The first-order valence-corrected chi connectivity index (χ1v) is 3.94. The van der Waals surface area contributed by atoms with Crippen LogP contribution in [-0.4, -0.2) is 15.8 Å². The number of hydrogen-bond donors (Lipinski definition) is 0. The first-order chi connectivity index (χ1) is 5.61. The minimum Gasteiger partial charge on any atom is -0.294 e. The van der Waals surface area contributed by atoms with Crippen LogP contribution in [0, 0.1) is 0 Å². The molecule has 0 aliphatic carbocycles. The average molecular weight is 164 g/mol. The van der Waals surface area contributed by atoms with E-state index in [1.807, 2.05) is 13.8 Å². The zero-order valence-electron chi connectivity index (χ0n) is 7.53. The van der Waals surface area contributed by atoms with E-state index in [0.29, 0.717) is 11.5 Å². The summed E-state index contributed by atoms with van der Waals surface area (Å²) in [6.07, 6.45) is 3.15. The van der Waals surface area contributed by atoms with Gasteiger partial charge in [0.05, 0.1) is 5.56 Å². The fourth-order valence-corrected chi connectivity index (χ4v) is 0.818. The lowest BCUT2D eigenvalue weighted by molar-refractivity contribution is 0.101. The minimum atomic E-state index is 0.00491. The molecule has 0 bridgehead atoms. The van der Waals surface area contributed by atoms with Gasteiger partial charge in [-0.1, -0.05) is 13.8 Å². The Bertz CT molecular complexity index is 277. The third kappa shape index (κ3) is 1.87. The average Bonchev–Trinajstić information content (AvgIpc) is 2.04. The largest absolute Gasteiger partial charge is 0.294 e. The summed E-state index contributed by atoms with van der Waals surface area (Å²) < 4.78 is 0. The summed E-state index contributed by atoms with van der Waals surface area (Å²) in [6.45, 7) is 5.54. The van der Waals surface area contributed by atoms with Gasteiger partial charge in [0.15, 0.2) is 5.78 Å². The Balaban J connectivity index is 2.93. The molecular weight excluding hydrogens is 152 g/mol. The first kappa shape index (κ1) is 8.84. The van der Waals surface area contributed by atoms with Crippen LogP contribution >= 0.6 is 0 Å². The summed E-state index contributed by atoms with van der Waals surface area (Å²) in [5.41, 5.74) is 0.569. The van der Waals surface area contributed by atoms with Crippen LogP contribution in [0.25, 0.3) is 0 Å². The van der Waals surface area contributed by atoms with Gasteiger partial charge in [-0.2, -0.15) is 0 Å². The number of carbonyl (C=O) groups excluding carboxylic acids is 1. The number of hydrogen-bond acceptors (Lipinski definition) is 3. The molecular formula is C9H12N2O. The molecule has 0 unspecified atom stereocenters. The third-order valence-corrected chi connectivity index (χ3v) is 1.59. The molecule has 0 radical (unpaired) electrons. The fourth-order valence-electron chi connectivity index (χ4n) is 0.818. The lowest BCUT2D eigenvalue weighted by Crippen LogP contribution is -2.00. The normalized spacial score (nSPS) is 10.3. The van der Waals surface area contributed by atoms with Crippen molar-refractivity contribution in [2.45, 2.75) is 26.7 Å². The topological polar surface area (TPSA) is 42.9 Å². The molecule has 1 heterocycles. The van der Waals surface area contributed by atoms with E-state index in [1.54, 1.807) is 12.4 Å².